The molecule has 0 aliphatic heterocycles. The fraction of sp³-hybridized carbons (Fsp3) is 0.733. The van der Waals surface area contributed by atoms with Gasteiger partial charge in [0.05, 0.1) is 5.66 Å². The van der Waals surface area contributed by atoms with Crippen LogP contribution in [0.1, 0.15) is 121 Å². The lowest BCUT2D eigenvalue weighted by Gasteiger charge is -2.30. The second-order valence-corrected chi connectivity index (χ2v) is 16.8. The zero-order valence-corrected chi connectivity index (χ0v) is 25.3. The number of allylic oxidation sites excluding steroid dienone is 2. The molecule has 0 heterocycles. The molecule has 2 fully saturated rings. The monoisotopic (exact) mass is 550 g/mol. The van der Waals surface area contributed by atoms with Crippen molar-refractivity contribution >= 4 is 15.0 Å². The predicted molar refractivity (Wildman–Crippen MR) is 154 cm³/mol. The van der Waals surface area contributed by atoms with Gasteiger partial charge in [-0.15, -0.1) is 0 Å². The molecule has 7 heteroatoms. The van der Waals surface area contributed by atoms with Gasteiger partial charge in [-0.3, -0.25) is 4.57 Å². The van der Waals surface area contributed by atoms with Crippen molar-refractivity contribution in [2.45, 2.75) is 127 Å². The lowest BCUT2D eigenvalue weighted by Crippen LogP contribution is -2.14. The summed E-state index contributed by atoms with van der Waals surface area (Å²) in [6.45, 7) is 6.20. The topological polar surface area (TPSA) is 61.8 Å². The van der Waals surface area contributed by atoms with E-state index in [0.717, 1.165) is 107 Å². The SMILES string of the molecule is CCCCCc1cc(OP(C)(=O)C2CCCC2)c(C2C=C(C)CCC2)c(OP(=O)(OC)C2CCCC2)c1. The van der Waals surface area contributed by atoms with Crippen LogP contribution in [0.15, 0.2) is 23.8 Å². The quantitative estimate of drug-likeness (QED) is 0.147. The summed E-state index contributed by atoms with van der Waals surface area (Å²) in [6.07, 6.45) is 17.7. The highest BCUT2D eigenvalue weighted by molar-refractivity contribution is 7.59. The van der Waals surface area contributed by atoms with Crippen LogP contribution in [0.2, 0.25) is 0 Å². The fourth-order valence-corrected chi connectivity index (χ4v) is 10.4. The molecule has 0 bridgehead atoms. The molecule has 1 aromatic carbocycles. The van der Waals surface area contributed by atoms with Crippen molar-refractivity contribution in [3.63, 3.8) is 0 Å². The van der Waals surface area contributed by atoms with Gasteiger partial charge in [-0.2, -0.15) is 0 Å². The molecule has 2 saturated carbocycles. The maximum absolute atomic E-state index is 14.1. The Balaban J connectivity index is 1.80. The van der Waals surface area contributed by atoms with Crippen molar-refractivity contribution in [1.82, 2.24) is 0 Å². The van der Waals surface area contributed by atoms with E-state index in [9.17, 15) is 9.13 Å². The molecule has 0 saturated heterocycles. The third-order valence-electron chi connectivity index (χ3n) is 8.70. The van der Waals surface area contributed by atoms with Crippen molar-refractivity contribution < 1.29 is 22.7 Å². The molecule has 3 atom stereocenters. The van der Waals surface area contributed by atoms with Crippen molar-refractivity contribution in [1.29, 1.82) is 0 Å². The van der Waals surface area contributed by atoms with Crippen molar-refractivity contribution in [3.8, 4) is 11.5 Å². The zero-order chi connectivity index (χ0) is 26.5. The van der Waals surface area contributed by atoms with Gasteiger partial charge in [0.25, 0.3) is 0 Å². The molecule has 1 aromatic rings. The summed E-state index contributed by atoms with van der Waals surface area (Å²) in [6, 6.07) is 4.18. The Kier molecular flexibility index (Phi) is 10.1. The van der Waals surface area contributed by atoms with Gasteiger partial charge >= 0.3 is 7.60 Å². The van der Waals surface area contributed by atoms with E-state index in [4.69, 9.17) is 13.6 Å². The molecule has 4 rings (SSSR count). The van der Waals surface area contributed by atoms with Crippen molar-refractivity contribution in [3.05, 3.63) is 34.9 Å². The van der Waals surface area contributed by atoms with Crippen LogP contribution < -0.4 is 9.05 Å². The van der Waals surface area contributed by atoms with Gasteiger partial charge in [0.1, 0.15) is 11.5 Å². The lowest BCUT2D eigenvalue weighted by molar-refractivity contribution is 0.308. The molecule has 5 nitrogen and oxygen atoms in total. The van der Waals surface area contributed by atoms with Crippen LogP contribution >= 0.6 is 15.0 Å². The van der Waals surface area contributed by atoms with Gasteiger partial charge < -0.3 is 13.6 Å². The zero-order valence-electron chi connectivity index (χ0n) is 23.5. The van der Waals surface area contributed by atoms with Crippen LogP contribution in [0.3, 0.4) is 0 Å². The second kappa shape index (κ2) is 12.9. The molecule has 0 radical (unpaired) electrons. The van der Waals surface area contributed by atoms with E-state index >= 15 is 0 Å². The molecule has 37 heavy (non-hydrogen) atoms. The summed E-state index contributed by atoms with van der Waals surface area (Å²) < 4.78 is 46.8. The van der Waals surface area contributed by atoms with Crippen molar-refractivity contribution in [2.24, 2.45) is 0 Å². The Labute approximate surface area is 225 Å². The first-order valence-corrected chi connectivity index (χ1v) is 18.5. The largest absolute Gasteiger partial charge is 0.442 e. The van der Waals surface area contributed by atoms with Gasteiger partial charge in [0.2, 0.25) is 7.37 Å². The molecule has 3 aliphatic rings. The molecule has 3 unspecified atom stereocenters. The summed E-state index contributed by atoms with van der Waals surface area (Å²) >= 11 is 0. The Bertz CT molecular complexity index is 1040. The van der Waals surface area contributed by atoms with Crippen LogP contribution in [0.5, 0.6) is 11.5 Å². The summed E-state index contributed by atoms with van der Waals surface area (Å²) in [5, 5.41) is 0. The summed E-state index contributed by atoms with van der Waals surface area (Å²) in [7, 11) is -4.71. The maximum atomic E-state index is 14.1. The molecule has 0 aromatic heterocycles. The minimum absolute atomic E-state index is 0.0714. The van der Waals surface area contributed by atoms with Crippen LogP contribution in [0.4, 0.5) is 0 Å². The molecule has 3 aliphatic carbocycles. The highest BCUT2D eigenvalue weighted by Gasteiger charge is 2.40. The first-order chi connectivity index (χ1) is 17.8. The smallest absolute Gasteiger partial charge is 0.381 e. The van der Waals surface area contributed by atoms with Crippen LogP contribution in [-0.4, -0.2) is 25.1 Å². The number of unbranched alkanes of at least 4 members (excludes halogenated alkanes) is 2. The third kappa shape index (κ3) is 7.14. The Morgan fingerprint density at radius 2 is 1.49 bits per heavy atom. The minimum Gasteiger partial charge on any atom is -0.442 e. The number of aryl methyl sites for hydroxylation is 1. The van der Waals surface area contributed by atoms with Gasteiger partial charge in [0, 0.05) is 30.9 Å². The van der Waals surface area contributed by atoms with Crippen LogP contribution in [0, 0.1) is 0 Å². The molecular weight excluding hydrogens is 502 g/mol. The minimum atomic E-state index is -3.35. The molecular formula is C30H48O5P2. The molecule has 208 valence electrons. The number of rotatable bonds is 12. The van der Waals surface area contributed by atoms with E-state index in [-0.39, 0.29) is 17.2 Å². The Morgan fingerprint density at radius 3 is 2.08 bits per heavy atom. The average molecular weight is 551 g/mol. The highest BCUT2D eigenvalue weighted by atomic mass is 31.2. The van der Waals surface area contributed by atoms with Gasteiger partial charge in [-0.1, -0.05) is 57.1 Å². The first kappa shape index (κ1) is 29.0. The first-order valence-electron chi connectivity index (χ1n) is 14.7. The molecule has 0 spiro atoms. The van der Waals surface area contributed by atoms with Gasteiger partial charge in [0.15, 0.2) is 0 Å². The van der Waals surface area contributed by atoms with E-state index < -0.39 is 15.0 Å². The standard InChI is InChI=1S/C30H48O5P2/c1-5-6-7-14-24-21-28(34-36(4,31)26-16-8-9-17-26)30(25-15-12-13-23(2)20-25)29(22-24)35-37(32,33-3)27-18-10-11-19-27/h20-22,25-27H,5-19H2,1-4H3. The number of hydrogen-bond acceptors (Lipinski definition) is 5. The Hall–Kier alpha value is -1.02. The van der Waals surface area contributed by atoms with E-state index in [1.54, 1.807) is 0 Å². The van der Waals surface area contributed by atoms with E-state index in [0.29, 0.717) is 11.5 Å². The third-order valence-corrected chi connectivity index (χ3v) is 13.5. The number of hydrogen-bond donors (Lipinski definition) is 0. The van der Waals surface area contributed by atoms with E-state index in [1.807, 2.05) is 6.66 Å². The number of benzene rings is 1. The normalized spacial score (nSPS) is 24.4. The predicted octanol–water partition coefficient (Wildman–Crippen LogP) is 10.0. The Morgan fingerprint density at radius 1 is 0.865 bits per heavy atom. The van der Waals surface area contributed by atoms with Crippen LogP contribution in [-0.2, 0) is 20.1 Å². The van der Waals surface area contributed by atoms with E-state index in [1.165, 1.54) is 12.7 Å². The van der Waals surface area contributed by atoms with Gasteiger partial charge in [-0.25, -0.2) is 4.57 Å². The second-order valence-electron chi connectivity index (χ2n) is 11.7. The maximum Gasteiger partial charge on any atom is 0.381 e. The highest BCUT2D eigenvalue weighted by Crippen LogP contribution is 2.61. The summed E-state index contributed by atoms with van der Waals surface area (Å²) in [5.74, 6) is 1.37. The lowest BCUT2D eigenvalue weighted by atomic mass is 9.84. The van der Waals surface area contributed by atoms with Gasteiger partial charge in [-0.05, 0) is 82.4 Å². The molecule has 0 amide bonds. The summed E-state index contributed by atoms with van der Waals surface area (Å²) in [4.78, 5) is 0. The van der Waals surface area contributed by atoms with Crippen LogP contribution in [0.25, 0.3) is 0 Å². The van der Waals surface area contributed by atoms with Crippen molar-refractivity contribution in [2.75, 3.05) is 13.8 Å². The fourth-order valence-electron chi connectivity index (χ4n) is 6.50. The summed E-state index contributed by atoms with van der Waals surface area (Å²) in [5.41, 5.74) is 3.40. The van der Waals surface area contributed by atoms with E-state index in [2.05, 4.69) is 32.1 Å². The molecule has 0 N–H and O–H groups in total. The average Bonchev–Trinajstić information content (AvgIpc) is 3.59.